The zero-order chi connectivity index (χ0) is 11.4. The van der Waals surface area contributed by atoms with Gasteiger partial charge in [-0.1, -0.05) is 0 Å². The van der Waals surface area contributed by atoms with Gasteiger partial charge in [-0.05, 0) is 41.9 Å². The summed E-state index contributed by atoms with van der Waals surface area (Å²) in [6, 6.07) is 0. The summed E-state index contributed by atoms with van der Waals surface area (Å²) in [6.45, 7) is 3.75. The van der Waals surface area contributed by atoms with E-state index in [9.17, 15) is 4.79 Å². The van der Waals surface area contributed by atoms with Crippen LogP contribution >= 0.6 is 15.9 Å². The zero-order valence-corrected chi connectivity index (χ0v) is 10.5. The molecule has 1 aliphatic rings. The molecule has 1 N–H and O–H groups in total. The molecule has 0 aliphatic carbocycles. The number of hydrogen-bond acceptors (Lipinski definition) is 4. The van der Waals surface area contributed by atoms with Crippen molar-refractivity contribution in [3.63, 3.8) is 0 Å². The van der Waals surface area contributed by atoms with Crippen LogP contribution < -0.4 is 10.3 Å². The molecule has 0 amide bonds. The quantitative estimate of drug-likeness (QED) is 0.898. The molecule has 1 aliphatic heterocycles. The third-order valence-electron chi connectivity index (χ3n) is 2.61. The molecule has 6 heteroatoms. The lowest BCUT2D eigenvalue weighted by Gasteiger charge is -2.14. The van der Waals surface area contributed by atoms with E-state index in [4.69, 9.17) is 4.74 Å². The van der Waals surface area contributed by atoms with Crippen molar-refractivity contribution in [1.29, 1.82) is 0 Å². The fraction of sp³-hybridized carbons (Fsp3) is 0.600. The minimum absolute atomic E-state index is 0.217. The lowest BCUT2D eigenvalue weighted by Crippen LogP contribution is -2.25. The Morgan fingerprint density at radius 3 is 3.00 bits per heavy atom. The first-order valence-corrected chi connectivity index (χ1v) is 6.15. The summed E-state index contributed by atoms with van der Waals surface area (Å²) in [5.41, 5.74) is -0.217. The maximum absolute atomic E-state index is 11.2. The van der Waals surface area contributed by atoms with E-state index >= 15 is 0 Å². The van der Waals surface area contributed by atoms with Gasteiger partial charge in [0.25, 0.3) is 5.56 Å². The van der Waals surface area contributed by atoms with E-state index in [2.05, 4.69) is 30.8 Å². The topological polar surface area (TPSA) is 58.2 Å². The third-order valence-corrected chi connectivity index (χ3v) is 3.31. The van der Waals surface area contributed by atoms with Crippen molar-refractivity contribution < 1.29 is 4.74 Å². The maximum Gasteiger partial charge on any atom is 0.268 e. The smallest absolute Gasteiger partial charge is 0.268 e. The Morgan fingerprint density at radius 2 is 2.25 bits per heavy atom. The molecule has 16 heavy (non-hydrogen) atoms. The third kappa shape index (κ3) is 2.82. The molecule has 2 rings (SSSR count). The van der Waals surface area contributed by atoms with Crippen molar-refractivity contribution in [3.8, 4) is 5.88 Å². The Hall–Kier alpha value is -0.880. The van der Waals surface area contributed by atoms with Gasteiger partial charge in [-0.3, -0.25) is 9.69 Å². The Bertz CT molecular complexity index is 401. The molecule has 0 spiro atoms. The van der Waals surface area contributed by atoms with Gasteiger partial charge in [-0.15, -0.1) is 0 Å². The minimum Gasteiger partial charge on any atom is -0.475 e. The number of H-pyrrole nitrogens is 1. The standard InChI is InChI=1S/C10H14BrN3O2/c11-8-9(15)12-7-13-10(8)16-6-5-14-3-1-2-4-14/h7H,1-6H2,(H,12,13,15). The molecule has 0 unspecified atom stereocenters. The number of aromatic nitrogens is 2. The Morgan fingerprint density at radius 1 is 1.50 bits per heavy atom. The van der Waals surface area contributed by atoms with Gasteiger partial charge in [0.05, 0.1) is 6.33 Å². The SMILES string of the molecule is O=c1[nH]cnc(OCCN2CCCC2)c1Br. The zero-order valence-electron chi connectivity index (χ0n) is 8.91. The monoisotopic (exact) mass is 287 g/mol. The van der Waals surface area contributed by atoms with Crippen molar-refractivity contribution in [3.05, 3.63) is 21.2 Å². The summed E-state index contributed by atoms with van der Waals surface area (Å²) in [5.74, 6) is 0.364. The highest BCUT2D eigenvalue weighted by molar-refractivity contribution is 9.10. The number of nitrogens with one attached hydrogen (secondary N) is 1. The number of ether oxygens (including phenoxy) is 1. The van der Waals surface area contributed by atoms with Gasteiger partial charge in [0.1, 0.15) is 11.1 Å². The molecule has 0 saturated carbocycles. The van der Waals surface area contributed by atoms with E-state index < -0.39 is 0 Å². The Kier molecular flexibility index (Phi) is 3.95. The number of hydrogen-bond donors (Lipinski definition) is 1. The largest absolute Gasteiger partial charge is 0.475 e. The van der Waals surface area contributed by atoms with Crippen LogP contribution in [0.15, 0.2) is 15.6 Å². The van der Waals surface area contributed by atoms with Crippen LogP contribution in [0.3, 0.4) is 0 Å². The Balaban J connectivity index is 1.84. The molecule has 0 atom stereocenters. The highest BCUT2D eigenvalue weighted by Crippen LogP contribution is 2.16. The molecule has 1 aromatic rings. The van der Waals surface area contributed by atoms with E-state index in [1.807, 2.05) is 0 Å². The summed E-state index contributed by atoms with van der Waals surface area (Å²) < 4.78 is 5.82. The molecule has 0 bridgehead atoms. The first kappa shape index (κ1) is 11.6. The molecular formula is C10H14BrN3O2. The van der Waals surface area contributed by atoms with E-state index in [0.717, 1.165) is 19.6 Å². The van der Waals surface area contributed by atoms with Crippen LogP contribution in [0.1, 0.15) is 12.8 Å². The second kappa shape index (κ2) is 5.45. The molecule has 88 valence electrons. The summed E-state index contributed by atoms with van der Waals surface area (Å²) in [7, 11) is 0. The second-order valence-electron chi connectivity index (χ2n) is 3.75. The lowest BCUT2D eigenvalue weighted by molar-refractivity contribution is 0.230. The molecule has 1 fully saturated rings. The molecule has 1 saturated heterocycles. The van der Waals surface area contributed by atoms with E-state index in [1.165, 1.54) is 19.2 Å². The number of rotatable bonds is 4. The minimum atomic E-state index is -0.217. The van der Waals surface area contributed by atoms with Crippen molar-refractivity contribution >= 4 is 15.9 Å². The van der Waals surface area contributed by atoms with Gasteiger partial charge in [0.2, 0.25) is 5.88 Å². The number of halogens is 1. The lowest BCUT2D eigenvalue weighted by atomic mass is 10.4. The molecule has 1 aromatic heterocycles. The van der Waals surface area contributed by atoms with Crippen LogP contribution in [-0.4, -0.2) is 41.1 Å². The average Bonchev–Trinajstić information content (AvgIpc) is 2.77. The molecule has 2 heterocycles. The highest BCUT2D eigenvalue weighted by atomic mass is 79.9. The fourth-order valence-electron chi connectivity index (χ4n) is 1.74. The van der Waals surface area contributed by atoms with Crippen LogP contribution in [0.25, 0.3) is 0 Å². The van der Waals surface area contributed by atoms with Crippen molar-refractivity contribution in [2.24, 2.45) is 0 Å². The van der Waals surface area contributed by atoms with Gasteiger partial charge < -0.3 is 9.72 Å². The highest BCUT2D eigenvalue weighted by Gasteiger charge is 2.12. The van der Waals surface area contributed by atoms with Crippen LogP contribution in [0.5, 0.6) is 5.88 Å². The molecule has 5 nitrogen and oxygen atoms in total. The van der Waals surface area contributed by atoms with Gasteiger partial charge in [0, 0.05) is 6.54 Å². The maximum atomic E-state index is 11.2. The predicted molar refractivity (Wildman–Crippen MR) is 63.7 cm³/mol. The summed E-state index contributed by atoms with van der Waals surface area (Å²) in [4.78, 5) is 20.0. The van der Waals surface area contributed by atoms with Gasteiger partial charge >= 0.3 is 0 Å². The van der Waals surface area contributed by atoms with Crippen molar-refractivity contribution in [1.82, 2.24) is 14.9 Å². The Labute approximate surface area is 102 Å². The molecule has 0 radical (unpaired) electrons. The second-order valence-corrected chi connectivity index (χ2v) is 4.54. The van der Waals surface area contributed by atoms with Crippen molar-refractivity contribution in [2.45, 2.75) is 12.8 Å². The normalized spacial score (nSPS) is 16.6. The van der Waals surface area contributed by atoms with E-state index in [-0.39, 0.29) is 5.56 Å². The van der Waals surface area contributed by atoms with Gasteiger partial charge in [0.15, 0.2) is 0 Å². The van der Waals surface area contributed by atoms with E-state index in [1.54, 1.807) is 0 Å². The summed E-state index contributed by atoms with van der Waals surface area (Å²) in [6.07, 6.45) is 3.89. The summed E-state index contributed by atoms with van der Waals surface area (Å²) >= 11 is 3.15. The van der Waals surface area contributed by atoms with Crippen LogP contribution in [0.4, 0.5) is 0 Å². The van der Waals surface area contributed by atoms with Gasteiger partial charge in [-0.25, -0.2) is 4.98 Å². The molecular weight excluding hydrogens is 274 g/mol. The van der Waals surface area contributed by atoms with Crippen LogP contribution in [-0.2, 0) is 0 Å². The summed E-state index contributed by atoms with van der Waals surface area (Å²) in [5, 5.41) is 0. The van der Waals surface area contributed by atoms with Crippen LogP contribution in [0.2, 0.25) is 0 Å². The number of likely N-dealkylation sites (tertiary alicyclic amines) is 1. The number of nitrogens with zero attached hydrogens (tertiary/aromatic N) is 2. The van der Waals surface area contributed by atoms with E-state index in [0.29, 0.717) is 17.0 Å². The predicted octanol–water partition coefficient (Wildman–Crippen LogP) is 1.01. The average molecular weight is 288 g/mol. The number of aromatic amines is 1. The van der Waals surface area contributed by atoms with Crippen molar-refractivity contribution in [2.75, 3.05) is 26.2 Å². The molecule has 0 aromatic carbocycles. The first-order chi connectivity index (χ1) is 7.77. The fourth-order valence-corrected chi connectivity index (χ4v) is 2.08. The van der Waals surface area contributed by atoms with Gasteiger partial charge in [-0.2, -0.15) is 0 Å². The first-order valence-electron chi connectivity index (χ1n) is 5.36. The van der Waals surface area contributed by atoms with Crippen LogP contribution in [0, 0.1) is 0 Å².